The van der Waals surface area contributed by atoms with Crippen LogP contribution in [0.4, 0.5) is 22.1 Å². The largest absolute Gasteiger partial charge is 0.378 e. The topological polar surface area (TPSA) is 114 Å². The Kier molecular flexibility index (Phi) is 5.05. The fourth-order valence-corrected chi connectivity index (χ4v) is 4.49. The van der Waals surface area contributed by atoms with E-state index >= 15 is 0 Å². The van der Waals surface area contributed by atoms with Crippen molar-refractivity contribution in [3.63, 3.8) is 0 Å². The standard InChI is InChI=1S/C20H25FN8O2/c1-12(30)28-10-15(21)16(11-28)29-3-2-14-17(13-8-23-19(22)24-9-13)25-20(26-18(14)29)27-4-6-31-7-5-27/h8-9,15-16H,2-7,10-11H2,1H3,(H2,22,23,24)/t15-,16+/m1/s1. The summed E-state index contributed by atoms with van der Waals surface area (Å²) in [4.78, 5) is 35.4. The molecule has 0 unspecified atom stereocenters. The van der Waals surface area contributed by atoms with E-state index in [-0.39, 0.29) is 18.4 Å². The highest BCUT2D eigenvalue weighted by molar-refractivity contribution is 5.75. The predicted octanol–water partition coefficient (Wildman–Crippen LogP) is 0.284. The maximum Gasteiger partial charge on any atom is 0.228 e. The number of nitrogens with zero attached hydrogens (tertiary/aromatic N) is 7. The summed E-state index contributed by atoms with van der Waals surface area (Å²) in [5.41, 5.74) is 8.10. The molecule has 0 bridgehead atoms. The van der Waals surface area contributed by atoms with Crippen molar-refractivity contribution in [2.45, 2.75) is 25.6 Å². The van der Waals surface area contributed by atoms with Crippen LogP contribution in [0.3, 0.4) is 0 Å². The minimum atomic E-state index is -1.13. The molecule has 3 aliphatic heterocycles. The van der Waals surface area contributed by atoms with Crippen molar-refractivity contribution in [2.24, 2.45) is 0 Å². The lowest BCUT2D eigenvalue weighted by molar-refractivity contribution is -0.128. The number of alkyl halides is 1. The van der Waals surface area contributed by atoms with Crippen LogP contribution in [0.25, 0.3) is 11.3 Å². The van der Waals surface area contributed by atoms with Gasteiger partial charge in [-0.05, 0) is 6.42 Å². The first kappa shape index (κ1) is 19.9. The summed E-state index contributed by atoms with van der Waals surface area (Å²) in [5, 5.41) is 0. The SMILES string of the molecule is CC(=O)N1C[C@@H](F)[C@@H](N2CCc3c(-c4cnc(N)nc4)nc(N4CCOCC4)nc32)C1. The van der Waals surface area contributed by atoms with Crippen LogP contribution in [0, 0.1) is 0 Å². The molecule has 2 aromatic heterocycles. The lowest BCUT2D eigenvalue weighted by Gasteiger charge is -2.30. The smallest absolute Gasteiger partial charge is 0.228 e. The van der Waals surface area contributed by atoms with Gasteiger partial charge in [-0.1, -0.05) is 0 Å². The number of nitrogen functional groups attached to an aromatic ring is 1. The number of amides is 1. The molecule has 2 atom stereocenters. The highest BCUT2D eigenvalue weighted by atomic mass is 19.1. The summed E-state index contributed by atoms with van der Waals surface area (Å²) < 4.78 is 20.4. The zero-order valence-corrected chi connectivity index (χ0v) is 17.4. The first-order valence-corrected chi connectivity index (χ1v) is 10.5. The number of fused-ring (bicyclic) bond motifs is 1. The van der Waals surface area contributed by atoms with Gasteiger partial charge in [-0.2, -0.15) is 4.98 Å². The number of hydrogen-bond acceptors (Lipinski definition) is 9. The molecule has 0 saturated carbocycles. The van der Waals surface area contributed by atoms with Gasteiger partial charge < -0.3 is 25.2 Å². The first-order chi connectivity index (χ1) is 15.0. The molecule has 0 radical (unpaired) electrons. The fraction of sp³-hybridized carbons (Fsp3) is 0.550. The Bertz CT molecular complexity index is 982. The minimum Gasteiger partial charge on any atom is -0.378 e. The quantitative estimate of drug-likeness (QED) is 0.736. The Morgan fingerprint density at radius 1 is 1.16 bits per heavy atom. The second-order valence-electron chi connectivity index (χ2n) is 8.05. The van der Waals surface area contributed by atoms with Gasteiger partial charge in [0, 0.05) is 56.6 Å². The summed E-state index contributed by atoms with van der Waals surface area (Å²) in [5.74, 6) is 1.39. The van der Waals surface area contributed by atoms with Gasteiger partial charge in [-0.3, -0.25) is 4.79 Å². The third-order valence-corrected chi connectivity index (χ3v) is 6.15. The molecule has 2 aromatic rings. The molecule has 2 fully saturated rings. The molecule has 10 nitrogen and oxygen atoms in total. The molecule has 2 N–H and O–H groups in total. The normalized spacial score (nSPS) is 23.4. The number of aromatic nitrogens is 4. The minimum absolute atomic E-state index is 0.110. The van der Waals surface area contributed by atoms with Crippen LogP contribution < -0.4 is 15.5 Å². The molecule has 0 spiro atoms. The zero-order chi connectivity index (χ0) is 21.5. The zero-order valence-electron chi connectivity index (χ0n) is 17.4. The van der Waals surface area contributed by atoms with Crippen molar-refractivity contribution in [3.05, 3.63) is 18.0 Å². The lowest BCUT2D eigenvalue weighted by Crippen LogP contribution is -2.42. The van der Waals surface area contributed by atoms with Gasteiger partial charge in [0.2, 0.25) is 17.8 Å². The Labute approximate surface area is 179 Å². The van der Waals surface area contributed by atoms with Gasteiger partial charge in [0.05, 0.1) is 31.5 Å². The Balaban J connectivity index is 1.56. The van der Waals surface area contributed by atoms with Crippen LogP contribution in [-0.4, -0.2) is 88.9 Å². The molecule has 164 valence electrons. The van der Waals surface area contributed by atoms with Crippen LogP contribution >= 0.6 is 0 Å². The highest BCUT2D eigenvalue weighted by Crippen LogP contribution is 2.38. The summed E-state index contributed by atoms with van der Waals surface area (Å²) >= 11 is 0. The number of morpholine rings is 1. The number of nitrogens with two attached hydrogens (primary N) is 1. The maximum atomic E-state index is 14.9. The number of halogens is 1. The van der Waals surface area contributed by atoms with Crippen molar-refractivity contribution < 1.29 is 13.9 Å². The van der Waals surface area contributed by atoms with E-state index in [1.54, 1.807) is 17.3 Å². The van der Waals surface area contributed by atoms with Crippen LogP contribution in [0.15, 0.2) is 12.4 Å². The van der Waals surface area contributed by atoms with Gasteiger partial charge >= 0.3 is 0 Å². The molecule has 11 heteroatoms. The van der Waals surface area contributed by atoms with Crippen molar-refractivity contribution in [1.29, 1.82) is 0 Å². The number of carbonyl (C=O) groups is 1. The van der Waals surface area contributed by atoms with E-state index in [4.69, 9.17) is 20.4 Å². The van der Waals surface area contributed by atoms with Crippen molar-refractivity contribution in [1.82, 2.24) is 24.8 Å². The average molecular weight is 428 g/mol. The van der Waals surface area contributed by atoms with Crippen molar-refractivity contribution in [3.8, 4) is 11.3 Å². The molecule has 5 rings (SSSR count). The Hall–Kier alpha value is -3.08. The molecular formula is C20H25FN8O2. The van der Waals surface area contributed by atoms with E-state index in [9.17, 15) is 9.18 Å². The molecule has 0 aliphatic carbocycles. The number of hydrogen-bond donors (Lipinski definition) is 1. The van der Waals surface area contributed by atoms with Crippen molar-refractivity contribution in [2.75, 3.05) is 61.5 Å². The van der Waals surface area contributed by atoms with Gasteiger partial charge in [0.1, 0.15) is 12.0 Å². The van der Waals surface area contributed by atoms with E-state index in [2.05, 4.69) is 14.9 Å². The number of ether oxygens (including phenoxy) is 1. The van der Waals surface area contributed by atoms with Crippen LogP contribution in [0.1, 0.15) is 12.5 Å². The highest BCUT2D eigenvalue weighted by Gasteiger charge is 2.42. The van der Waals surface area contributed by atoms with Crippen LogP contribution in [0.2, 0.25) is 0 Å². The maximum absolute atomic E-state index is 14.9. The van der Waals surface area contributed by atoms with Gasteiger partial charge in [0.15, 0.2) is 0 Å². The molecule has 2 saturated heterocycles. The van der Waals surface area contributed by atoms with E-state index < -0.39 is 12.2 Å². The fourth-order valence-electron chi connectivity index (χ4n) is 4.49. The van der Waals surface area contributed by atoms with E-state index in [1.807, 2.05) is 4.90 Å². The van der Waals surface area contributed by atoms with Crippen LogP contribution in [-0.2, 0) is 16.0 Å². The summed E-state index contributed by atoms with van der Waals surface area (Å²) in [7, 11) is 0. The third kappa shape index (κ3) is 3.62. The molecule has 5 heterocycles. The molecule has 1 amide bonds. The number of carbonyl (C=O) groups excluding carboxylic acids is 1. The third-order valence-electron chi connectivity index (χ3n) is 6.15. The molecule has 3 aliphatic rings. The number of rotatable bonds is 3. The van der Waals surface area contributed by atoms with E-state index in [0.29, 0.717) is 51.8 Å². The van der Waals surface area contributed by atoms with Crippen molar-refractivity contribution >= 4 is 23.6 Å². The van der Waals surface area contributed by atoms with Gasteiger partial charge in [-0.15, -0.1) is 0 Å². The second kappa shape index (κ2) is 7.88. The summed E-state index contributed by atoms with van der Waals surface area (Å²) in [6.07, 6.45) is 2.87. The monoisotopic (exact) mass is 428 g/mol. The van der Waals surface area contributed by atoms with Gasteiger partial charge in [0.25, 0.3) is 0 Å². The van der Waals surface area contributed by atoms with Gasteiger partial charge in [-0.25, -0.2) is 19.3 Å². The molecule has 31 heavy (non-hydrogen) atoms. The Morgan fingerprint density at radius 3 is 2.58 bits per heavy atom. The molecule has 0 aromatic carbocycles. The summed E-state index contributed by atoms with van der Waals surface area (Å²) in [6.45, 7) is 5.15. The van der Waals surface area contributed by atoms with E-state index in [1.165, 1.54) is 6.92 Å². The van der Waals surface area contributed by atoms with E-state index in [0.717, 1.165) is 22.6 Å². The van der Waals surface area contributed by atoms with Crippen LogP contribution in [0.5, 0.6) is 0 Å². The first-order valence-electron chi connectivity index (χ1n) is 10.5. The summed E-state index contributed by atoms with van der Waals surface area (Å²) in [6, 6.07) is -0.423. The second-order valence-corrected chi connectivity index (χ2v) is 8.05. The Morgan fingerprint density at radius 2 is 1.90 bits per heavy atom. The lowest BCUT2D eigenvalue weighted by atomic mass is 10.1. The predicted molar refractivity (Wildman–Crippen MR) is 112 cm³/mol. The average Bonchev–Trinajstić information content (AvgIpc) is 3.37. The molecular weight excluding hydrogens is 403 g/mol. The number of likely N-dealkylation sites (tertiary alicyclic amines) is 1. The number of anilines is 3.